The van der Waals surface area contributed by atoms with E-state index in [1.54, 1.807) is 12.3 Å². The van der Waals surface area contributed by atoms with Gasteiger partial charge in [-0.1, -0.05) is 0 Å². The number of thiazole rings is 1. The fraction of sp³-hybridized carbons (Fsp3) is 0. The molecule has 0 atom stereocenters. The molecule has 0 aliphatic rings. The molecular formula is C8H7N4O2S+. The number of nitrogens with one attached hydrogen (secondary N) is 1. The molecule has 2 heterocycles. The van der Waals surface area contributed by atoms with Crippen LogP contribution in [-0.4, -0.2) is 20.1 Å². The summed E-state index contributed by atoms with van der Waals surface area (Å²) >= 11 is 1.44. The van der Waals surface area contributed by atoms with E-state index < -0.39 is 0 Å². The van der Waals surface area contributed by atoms with Crippen molar-refractivity contribution in [2.75, 3.05) is 5.32 Å². The number of aromatic nitrogens is 2. The van der Waals surface area contributed by atoms with E-state index in [4.69, 9.17) is 5.21 Å². The SMILES string of the molecule is O=[N+](O)c1ccc(Nc2nccs2)nc1. The van der Waals surface area contributed by atoms with Crippen LogP contribution in [0.3, 0.4) is 0 Å². The van der Waals surface area contributed by atoms with E-state index in [-0.39, 0.29) is 10.6 Å². The first kappa shape index (κ1) is 9.53. The number of hydrogen-bond acceptors (Lipinski definition) is 5. The van der Waals surface area contributed by atoms with Crippen molar-refractivity contribution in [3.05, 3.63) is 34.8 Å². The molecule has 0 bridgehead atoms. The molecule has 76 valence electrons. The zero-order valence-corrected chi connectivity index (χ0v) is 8.31. The van der Waals surface area contributed by atoms with E-state index in [1.165, 1.54) is 23.6 Å². The van der Waals surface area contributed by atoms with Crippen molar-refractivity contribution in [3.8, 4) is 0 Å². The van der Waals surface area contributed by atoms with E-state index in [1.807, 2.05) is 5.38 Å². The molecule has 0 saturated heterocycles. The van der Waals surface area contributed by atoms with Crippen molar-refractivity contribution in [3.63, 3.8) is 0 Å². The number of hydrogen-bond donors (Lipinski definition) is 2. The molecule has 2 aromatic rings. The topological polar surface area (TPSA) is 78.1 Å². The van der Waals surface area contributed by atoms with Gasteiger partial charge < -0.3 is 5.32 Å². The zero-order valence-electron chi connectivity index (χ0n) is 7.49. The Hall–Kier alpha value is -2.02. The Kier molecular flexibility index (Phi) is 2.55. The largest absolute Gasteiger partial charge is 0.334 e. The summed E-state index contributed by atoms with van der Waals surface area (Å²) in [6.45, 7) is 0. The second-order valence-corrected chi connectivity index (χ2v) is 3.53. The van der Waals surface area contributed by atoms with Crippen molar-refractivity contribution >= 4 is 28.0 Å². The molecule has 6 nitrogen and oxygen atoms in total. The lowest BCUT2D eigenvalue weighted by molar-refractivity contribution is -0.729. The molecule has 0 spiro atoms. The molecule has 0 aliphatic carbocycles. The highest BCUT2D eigenvalue weighted by atomic mass is 32.1. The lowest BCUT2D eigenvalue weighted by Gasteiger charge is -1.98. The third-order valence-electron chi connectivity index (χ3n) is 1.64. The van der Waals surface area contributed by atoms with Crippen LogP contribution in [0.2, 0.25) is 0 Å². The maximum absolute atomic E-state index is 10.5. The Morgan fingerprint density at radius 2 is 2.27 bits per heavy atom. The number of nitrogens with zero attached hydrogens (tertiary/aromatic N) is 3. The smallest absolute Gasteiger partial charge is 0.316 e. The minimum Gasteiger partial charge on any atom is -0.316 e. The summed E-state index contributed by atoms with van der Waals surface area (Å²) in [4.78, 5) is 18.2. The van der Waals surface area contributed by atoms with Crippen LogP contribution in [0.5, 0.6) is 0 Å². The third-order valence-corrected chi connectivity index (χ3v) is 2.32. The fourth-order valence-electron chi connectivity index (χ4n) is 0.968. The summed E-state index contributed by atoms with van der Waals surface area (Å²) in [5, 5.41) is 14.1. The average molecular weight is 223 g/mol. The summed E-state index contributed by atoms with van der Waals surface area (Å²) < 4.78 is 0. The van der Waals surface area contributed by atoms with Gasteiger partial charge >= 0.3 is 5.69 Å². The molecule has 0 radical (unpaired) electrons. The van der Waals surface area contributed by atoms with Gasteiger partial charge in [0.05, 0.1) is 4.91 Å². The molecule has 0 unspecified atom stereocenters. The Morgan fingerprint density at radius 1 is 1.40 bits per heavy atom. The van der Waals surface area contributed by atoms with Crippen LogP contribution >= 0.6 is 11.3 Å². The lowest BCUT2D eigenvalue weighted by atomic mass is 10.4. The van der Waals surface area contributed by atoms with Crippen LogP contribution in [0.15, 0.2) is 29.9 Å². The van der Waals surface area contributed by atoms with Gasteiger partial charge in [0, 0.05) is 17.6 Å². The predicted octanol–water partition coefficient (Wildman–Crippen LogP) is 2.08. The second kappa shape index (κ2) is 4.01. The quantitative estimate of drug-likeness (QED) is 0.779. The molecule has 2 rings (SSSR count). The molecule has 2 N–H and O–H groups in total. The average Bonchev–Trinajstić information content (AvgIpc) is 2.71. The highest BCUT2D eigenvalue weighted by Crippen LogP contribution is 2.18. The van der Waals surface area contributed by atoms with E-state index in [9.17, 15) is 4.91 Å². The first-order valence-corrected chi connectivity index (χ1v) is 4.92. The molecule has 2 aromatic heterocycles. The molecule has 0 amide bonds. The van der Waals surface area contributed by atoms with Gasteiger partial charge in [0.2, 0.25) is 0 Å². The van der Waals surface area contributed by atoms with Crippen LogP contribution < -0.4 is 5.32 Å². The lowest BCUT2D eigenvalue weighted by Crippen LogP contribution is -1.95. The number of rotatable bonds is 3. The maximum atomic E-state index is 10.5. The normalized spacial score (nSPS) is 9.87. The van der Waals surface area contributed by atoms with Gasteiger partial charge in [0.25, 0.3) is 4.92 Å². The van der Waals surface area contributed by atoms with Gasteiger partial charge in [0.15, 0.2) is 5.13 Å². The van der Waals surface area contributed by atoms with Crippen LogP contribution in [-0.2, 0) is 0 Å². The van der Waals surface area contributed by atoms with Gasteiger partial charge in [-0.3, -0.25) is 0 Å². The molecule has 0 saturated carbocycles. The summed E-state index contributed by atoms with van der Waals surface area (Å²) in [5.41, 5.74) is 0.0830. The molecule has 0 aromatic carbocycles. The van der Waals surface area contributed by atoms with Crippen molar-refractivity contribution in [2.45, 2.75) is 0 Å². The van der Waals surface area contributed by atoms with Gasteiger partial charge in [-0.15, -0.1) is 11.3 Å². The zero-order chi connectivity index (χ0) is 10.7. The van der Waals surface area contributed by atoms with Gasteiger partial charge in [-0.2, -0.15) is 0 Å². The highest BCUT2D eigenvalue weighted by Gasteiger charge is 2.11. The fourth-order valence-corrected chi connectivity index (χ4v) is 1.50. The minimum atomic E-state index is -0.236. The summed E-state index contributed by atoms with van der Waals surface area (Å²) in [6.07, 6.45) is 2.94. The summed E-state index contributed by atoms with van der Waals surface area (Å²) in [7, 11) is 0. The highest BCUT2D eigenvalue weighted by molar-refractivity contribution is 7.13. The van der Waals surface area contributed by atoms with E-state index in [2.05, 4.69) is 15.3 Å². The van der Waals surface area contributed by atoms with Gasteiger partial charge in [0.1, 0.15) is 12.0 Å². The number of anilines is 2. The van der Waals surface area contributed by atoms with Crippen LogP contribution in [0.4, 0.5) is 16.6 Å². The first-order valence-electron chi connectivity index (χ1n) is 4.04. The minimum absolute atomic E-state index is 0.0830. The molecule has 7 heteroatoms. The summed E-state index contributed by atoms with van der Waals surface area (Å²) in [5.74, 6) is 0.565. The Morgan fingerprint density at radius 3 is 2.80 bits per heavy atom. The van der Waals surface area contributed by atoms with Crippen molar-refractivity contribution in [1.82, 2.24) is 9.97 Å². The monoisotopic (exact) mass is 223 g/mol. The Bertz CT molecular complexity index is 454. The predicted molar refractivity (Wildman–Crippen MR) is 54.7 cm³/mol. The molecule has 0 aliphatic heterocycles. The second-order valence-electron chi connectivity index (χ2n) is 2.64. The maximum Gasteiger partial charge on any atom is 0.334 e. The van der Waals surface area contributed by atoms with Crippen LogP contribution in [0.1, 0.15) is 0 Å². The van der Waals surface area contributed by atoms with E-state index >= 15 is 0 Å². The van der Waals surface area contributed by atoms with Crippen molar-refractivity contribution in [2.24, 2.45) is 0 Å². The van der Waals surface area contributed by atoms with Gasteiger partial charge in [-0.05, 0) is 6.07 Å². The van der Waals surface area contributed by atoms with Crippen LogP contribution in [0.25, 0.3) is 0 Å². The van der Waals surface area contributed by atoms with Gasteiger partial charge in [-0.25, -0.2) is 15.2 Å². The van der Waals surface area contributed by atoms with Crippen molar-refractivity contribution in [1.29, 1.82) is 0 Å². The van der Waals surface area contributed by atoms with E-state index in [0.717, 1.165) is 5.13 Å². The Labute approximate surface area is 88.8 Å². The van der Waals surface area contributed by atoms with E-state index in [0.29, 0.717) is 5.82 Å². The number of pyridine rings is 1. The Balaban J connectivity index is 2.14. The standard InChI is InChI=1S/C8H7N4O2S/c13-12(14)6-1-2-7(10-5-6)11-8-9-3-4-15-8/h1-5H,(H,13,14)(H,9,10,11)/q+1. The summed E-state index contributed by atoms with van der Waals surface area (Å²) in [6, 6.07) is 3.04. The van der Waals surface area contributed by atoms with Crippen LogP contribution in [0, 0.1) is 4.91 Å². The molecule has 0 fully saturated rings. The van der Waals surface area contributed by atoms with Crippen molar-refractivity contribution < 1.29 is 10.1 Å². The third kappa shape index (κ3) is 2.26. The molecular weight excluding hydrogens is 216 g/mol. The first-order chi connectivity index (χ1) is 7.25. The molecule has 15 heavy (non-hydrogen) atoms.